The molecule has 0 radical (unpaired) electrons. The maximum Gasteiger partial charge on any atom is 0.359 e. The summed E-state index contributed by atoms with van der Waals surface area (Å²) in [5.41, 5.74) is 0.101. The second-order valence-electron chi connectivity index (χ2n) is 7.94. The SMILES string of the molecule is CC(C)(C)OC(=O)c1ncn2c1[C@@H]1CCCN1C(=O)c1c-2cccc1[N+](=O)[O-]. The summed E-state index contributed by atoms with van der Waals surface area (Å²) in [6.07, 6.45) is 2.83. The van der Waals surface area contributed by atoms with Gasteiger partial charge in [-0.3, -0.25) is 19.5 Å². The molecule has 2 aliphatic rings. The molecule has 0 N–H and O–H groups in total. The molecule has 1 aromatic carbocycles. The molecular weight excluding hydrogens is 364 g/mol. The van der Waals surface area contributed by atoms with Crippen LogP contribution < -0.4 is 0 Å². The van der Waals surface area contributed by atoms with Gasteiger partial charge in [-0.1, -0.05) is 6.07 Å². The molecule has 1 atom stereocenters. The van der Waals surface area contributed by atoms with E-state index in [2.05, 4.69) is 4.98 Å². The van der Waals surface area contributed by atoms with Crippen molar-refractivity contribution in [2.75, 3.05) is 6.54 Å². The highest BCUT2D eigenvalue weighted by Gasteiger charge is 2.43. The summed E-state index contributed by atoms with van der Waals surface area (Å²) in [7, 11) is 0. The molecule has 3 heterocycles. The Bertz CT molecular complexity index is 1000. The molecule has 0 aliphatic carbocycles. The molecule has 0 spiro atoms. The molecule has 1 aromatic heterocycles. The molecule has 0 unspecified atom stereocenters. The number of benzene rings is 1. The normalized spacial score (nSPS) is 18.2. The van der Waals surface area contributed by atoms with Crippen molar-refractivity contribution in [3.63, 3.8) is 0 Å². The van der Waals surface area contributed by atoms with E-state index in [4.69, 9.17) is 4.74 Å². The molecule has 9 nitrogen and oxygen atoms in total. The van der Waals surface area contributed by atoms with Gasteiger partial charge >= 0.3 is 5.97 Å². The van der Waals surface area contributed by atoms with Gasteiger partial charge in [0.25, 0.3) is 11.6 Å². The molecule has 9 heteroatoms. The number of nitro benzene ring substituents is 1. The van der Waals surface area contributed by atoms with E-state index >= 15 is 0 Å². The van der Waals surface area contributed by atoms with Gasteiger partial charge in [-0.05, 0) is 39.7 Å². The first kappa shape index (κ1) is 18.1. The lowest BCUT2D eigenvalue weighted by molar-refractivity contribution is -0.385. The van der Waals surface area contributed by atoms with Crippen molar-refractivity contribution in [1.29, 1.82) is 0 Å². The fourth-order valence-electron chi connectivity index (χ4n) is 3.89. The number of esters is 1. The first-order valence-corrected chi connectivity index (χ1v) is 9.08. The molecule has 1 fully saturated rings. The molecule has 1 amide bonds. The van der Waals surface area contributed by atoms with Crippen molar-refractivity contribution in [2.45, 2.75) is 45.3 Å². The highest BCUT2D eigenvalue weighted by molar-refractivity contribution is 6.03. The molecule has 2 aromatic rings. The van der Waals surface area contributed by atoms with E-state index in [0.29, 0.717) is 24.3 Å². The zero-order chi connectivity index (χ0) is 20.2. The number of ether oxygens (including phenoxy) is 1. The lowest BCUT2D eigenvalue weighted by atomic mass is 10.1. The molecule has 0 saturated carbocycles. The lowest BCUT2D eigenvalue weighted by Crippen LogP contribution is -2.31. The molecule has 28 heavy (non-hydrogen) atoms. The molecule has 4 rings (SSSR count). The maximum atomic E-state index is 13.2. The number of aromatic nitrogens is 2. The van der Waals surface area contributed by atoms with E-state index in [1.54, 1.807) is 36.3 Å². The fourth-order valence-corrected chi connectivity index (χ4v) is 3.89. The van der Waals surface area contributed by atoms with E-state index in [1.807, 2.05) is 0 Å². The van der Waals surface area contributed by atoms with Gasteiger partial charge in [-0.2, -0.15) is 0 Å². The first-order valence-electron chi connectivity index (χ1n) is 9.08. The fraction of sp³-hybridized carbons (Fsp3) is 0.421. The van der Waals surface area contributed by atoms with Crippen molar-refractivity contribution in [2.24, 2.45) is 0 Å². The Labute approximate surface area is 161 Å². The number of nitro groups is 1. The van der Waals surface area contributed by atoms with Crippen LogP contribution in [0.1, 0.15) is 66.2 Å². The van der Waals surface area contributed by atoms with Gasteiger partial charge in [0, 0.05) is 12.6 Å². The zero-order valence-corrected chi connectivity index (χ0v) is 15.8. The second kappa shape index (κ2) is 6.15. The number of hydrogen-bond acceptors (Lipinski definition) is 6. The Kier molecular flexibility index (Phi) is 3.99. The van der Waals surface area contributed by atoms with Gasteiger partial charge < -0.3 is 9.64 Å². The van der Waals surface area contributed by atoms with Crippen LogP contribution in [-0.4, -0.2) is 43.4 Å². The minimum Gasteiger partial charge on any atom is -0.455 e. The quantitative estimate of drug-likeness (QED) is 0.447. The summed E-state index contributed by atoms with van der Waals surface area (Å²) in [4.78, 5) is 42.8. The van der Waals surface area contributed by atoms with Gasteiger partial charge in [-0.15, -0.1) is 0 Å². The second-order valence-corrected chi connectivity index (χ2v) is 7.94. The van der Waals surface area contributed by atoms with E-state index < -0.39 is 22.4 Å². The van der Waals surface area contributed by atoms with Crippen LogP contribution in [0.5, 0.6) is 0 Å². The standard InChI is InChI=1S/C19H20N4O5/c1-19(2,3)28-18(25)15-16-13-8-5-9-21(13)17(24)14-11(22(16)10-20-15)6-4-7-12(14)23(26)27/h4,6-7,10,13H,5,8-9H2,1-3H3/t13-/m0/s1. The number of rotatable bonds is 2. The number of nitrogens with zero attached hydrogens (tertiary/aromatic N) is 4. The van der Waals surface area contributed by atoms with Crippen molar-refractivity contribution >= 4 is 17.6 Å². The third-order valence-corrected chi connectivity index (χ3v) is 4.92. The average Bonchev–Trinajstić information content (AvgIpc) is 3.23. The van der Waals surface area contributed by atoms with Gasteiger partial charge in [0.05, 0.1) is 22.3 Å². The summed E-state index contributed by atoms with van der Waals surface area (Å²) in [5.74, 6) is -0.974. The van der Waals surface area contributed by atoms with Crippen LogP contribution in [0.15, 0.2) is 24.5 Å². The topological polar surface area (TPSA) is 108 Å². The lowest BCUT2D eigenvalue weighted by Gasteiger charge is -2.24. The van der Waals surface area contributed by atoms with Gasteiger partial charge in [0.1, 0.15) is 17.5 Å². The van der Waals surface area contributed by atoms with Gasteiger partial charge in [0.15, 0.2) is 5.69 Å². The number of amides is 1. The van der Waals surface area contributed by atoms with Crippen LogP contribution in [0.4, 0.5) is 5.69 Å². The summed E-state index contributed by atoms with van der Waals surface area (Å²) < 4.78 is 7.11. The Morgan fingerprint density at radius 2 is 2.11 bits per heavy atom. The summed E-state index contributed by atoms with van der Waals surface area (Å²) >= 11 is 0. The van der Waals surface area contributed by atoms with Crippen molar-refractivity contribution in [3.8, 4) is 5.69 Å². The zero-order valence-electron chi connectivity index (χ0n) is 15.8. The molecule has 2 aliphatic heterocycles. The highest BCUT2D eigenvalue weighted by atomic mass is 16.6. The predicted octanol–water partition coefficient (Wildman–Crippen LogP) is 3.03. The van der Waals surface area contributed by atoms with Crippen LogP contribution in [0, 0.1) is 10.1 Å². The van der Waals surface area contributed by atoms with Crippen LogP contribution in [0.25, 0.3) is 5.69 Å². The van der Waals surface area contributed by atoms with E-state index in [-0.39, 0.29) is 23.0 Å². The number of imidazole rings is 1. The average molecular weight is 384 g/mol. The third kappa shape index (κ3) is 2.74. The smallest absolute Gasteiger partial charge is 0.359 e. The van der Waals surface area contributed by atoms with E-state index in [1.165, 1.54) is 18.5 Å². The number of carbonyl (C=O) groups excluding carboxylic acids is 2. The van der Waals surface area contributed by atoms with Crippen LogP contribution in [0.2, 0.25) is 0 Å². The van der Waals surface area contributed by atoms with Gasteiger partial charge in [-0.25, -0.2) is 9.78 Å². The minimum atomic E-state index is -0.694. The maximum absolute atomic E-state index is 13.2. The minimum absolute atomic E-state index is 0.0197. The Hall–Kier alpha value is -3.23. The number of hydrogen-bond donors (Lipinski definition) is 0. The molecule has 0 bridgehead atoms. The monoisotopic (exact) mass is 384 g/mol. The Balaban J connectivity index is 1.95. The summed E-state index contributed by atoms with van der Waals surface area (Å²) in [6.45, 7) is 5.77. The number of fused-ring (bicyclic) bond motifs is 5. The Morgan fingerprint density at radius 1 is 1.36 bits per heavy atom. The van der Waals surface area contributed by atoms with Crippen LogP contribution >= 0.6 is 0 Å². The van der Waals surface area contributed by atoms with E-state index in [0.717, 1.165) is 6.42 Å². The largest absolute Gasteiger partial charge is 0.455 e. The number of carbonyl (C=O) groups is 2. The first-order chi connectivity index (χ1) is 13.2. The van der Waals surface area contributed by atoms with Crippen LogP contribution in [0.3, 0.4) is 0 Å². The molecular formula is C19H20N4O5. The molecule has 146 valence electrons. The van der Waals surface area contributed by atoms with Gasteiger partial charge in [0.2, 0.25) is 0 Å². The van der Waals surface area contributed by atoms with Crippen molar-refractivity contribution in [3.05, 3.63) is 51.6 Å². The Morgan fingerprint density at radius 3 is 2.79 bits per heavy atom. The highest BCUT2D eigenvalue weighted by Crippen LogP contribution is 2.42. The molecule has 1 saturated heterocycles. The summed E-state index contributed by atoms with van der Waals surface area (Å²) in [5, 5.41) is 11.5. The van der Waals surface area contributed by atoms with Crippen molar-refractivity contribution in [1.82, 2.24) is 14.5 Å². The van der Waals surface area contributed by atoms with Crippen molar-refractivity contribution < 1.29 is 19.2 Å². The summed E-state index contributed by atoms with van der Waals surface area (Å²) in [6, 6.07) is 4.09. The van der Waals surface area contributed by atoms with E-state index in [9.17, 15) is 19.7 Å². The third-order valence-electron chi connectivity index (χ3n) is 4.92. The predicted molar refractivity (Wildman–Crippen MR) is 98.4 cm³/mol. The van der Waals surface area contributed by atoms with Crippen LogP contribution in [-0.2, 0) is 4.74 Å².